The highest BCUT2D eigenvalue weighted by atomic mass is 79.9. The number of amides is 1. The van der Waals surface area contributed by atoms with Crippen LogP contribution in [-0.4, -0.2) is 23.7 Å². The molecule has 0 aliphatic rings. The molecular weight excluding hydrogens is 305 g/mol. The highest BCUT2D eigenvalue weighted by molar-refractivity contribution is 9.10. The van der Waals surface area contributed by atoms with Crippen LogP contribution < -0.4 is 5.32 Å². The van der Waals surface area contributed by atoms with E-state index < -0.39 is 0 Å². The van der Waals surface area contributed by atoms with E-state index in [9.17, 15) is 9.90 Å². The number of benzene rings is 1. The number of carbonyl (C=O) groups is 1. The maximum absolute atomic E-state index is 11.7. The first-order chi connectivity index (χ1) is 8.02. The lowest BCUT2D eigenvalue weighted by Crippen LogP contribution is -2.27. The molecule has 1 unspecified atom stereocenters. The van der Waals surface area contributed by atoms with Gasteiger partial charge < -0.3 is 10.4 Å². The first-order valence-electron chi connectivity index (χ1n) is 5.45. The van der Waals surface area contributed by atoms with Crippen LogP contribution in [0.4, 0.5) is 0 Å². The minimum Gasteiger partial charge on any atom is -0.393 e. The minimum absolute atomic E-state index is 0.184. The zero-order valence-electron chi connectivity index (χ0n) is 9.54. The predicted molar refractivity (Wildman–Crippen MR) is 72.4 cm³/mol. The van der Waals surface area contributed by atoms with Gasteiger partial charge in [0.05, 0.1) is 6.10 Å². The lowest BCUT2D eigenvalue weighted by Gasteiger charge is -2.09. The summed E-state index contributed by atoms with van der Waals surface area (Å²) in [4.78, 5) is 11.7. The molecule has 0 aromatic heterocycles. The first kappa shape index (κ1) is 14.5. The topological polar surface area (TPSA) is 49.3 Å². The van der Waals surface area contributed by atoms with Crippen LogP contribution in [0.1, 0.15) is 30.1 Å². The fourth-order valence-electron chi connectivity index (χ4n) is 1.34. The number of nitrogens with one attached hydrogen (secondary N) is 1. The standard InChI is InChI=1S/C12H15BrClNO2/c1-2-11(16)3-4-15-12(17)8-5-9(13)7-10(14)6-8/h5-7,11,16H,2-4H2,1H3,(H,15,17). The molecule has 17 heavy (non-hydrogen) atoms. The van der Waals surface area contributed by atoms with Crippen LogP contribution in [0, 0.1) is 0 Å². The smallest absolute Gasteiger partial charge is 0.251 e. The quantitative estimate of drug-likeness (QED) is 0.876. The Morgan fingerprint density at radius 3 is 2.82 bits per heavy atom. The number of halogens is 2. The fraction of sp³-hybridized carbons (Fsp3) is 0.417. The van der Waals surface area contributed by atoms with Gasteiger partial charge in [-0.2, -0.15) is 0 Å². The summed E-state index contributed by atoms with van der Waals surface area (Å²) in [6, 6.07) is 5.04. The van der Waals surface area contributed by atoms with Gasteiger partial charge in [-0.25, -0.2) is 0 Å². The van der Waals surface area contributed by atoms with Gasteiger partial charge in [0, 0.05) is 21.6 Å². The van der Waals surface area contributed by atoms with Crippen LogP contribution in [0.3, 0.4) is 0 Å². The Hall–Kier alpha value is -0.580. The van der Waals surface area contributed by atoms with Crippen molar-refractivity contribution in [1.82, 2.24) is 5.32 Å². The molecular formula is C12H15BrClNO2. The van der Waals surface area contributed by atoms with Crippen molar-refractivity contribution in [2.24, 2.45) is 0 Å². The van der Waals surface area contributed by atoms with E-state index in [1.807, 2.05) is 6.92 Å². The molecule has 94 valence electrons. The molecule has 1 atom stereocenters. The molecule has 1 aromatic rings. The van der Waals surface area contributed by atoms with Crippen LogP contribution in [0.25, 0.3) is 0 Å². The third-order valence-corrected chi connectivity index (χ3v) is 3.04. The normalized spacial score (nSPS) is 12.2. The van der Waals surface area contributed by atoms with Gasteiger partial charge in [-0.05, 0) is 31.0 Å². The molecule has 3 nitrogen and oxygen atoms in total. The molecule has 0 saturated carbocycles. The van der Waals surface area contributed by atoms with Gasteiger partial charge in [0.15, 0.2) is 0 Å². The van der Waals surface area contributed by atoms with E-state index >= 15 is 0 Å². The SMILES string of the molecule is CCC(O)CCNC(=O)c1cc(Cl)cc(Br)c1. The Morgan fingerprint density at radius 2 is 2.24 bits per heavy atom. The lowest BCUT2D eigenvalue weighted by molar-refractivity contribution is 0.0942. The largest absolute Gasteiger partial charge is 0.393 e. The van der Waals surface area contributed by atoms with E-state index in [2.05, 4.69) is 21.2 Å². The van der Waals surface area contributed by atoms with Gasteiger partial charge in [-0.15, -0.1) is 0 Å². The molecule has 0 radical (unpaired) electrons. The molecule has 0 saturated heterocycles. The van der Waals surface area contributed by atoms with Crippen LogP contribution >= 0.6 is 27.5 Å². The highest BCUT2D eigenvalue weighted by Gasteiger charge is 2.08. The monoisotopic (exact) mass is 319 g/mol. The molecule has 0 heterocycles. The van der Waals surface area contributed by atoms with E-state index in [-0.39, 0.29) is 12.0 Å². The number of aliphatic hydroxyl groups is 1. The van der Waals surface area contributed by atoms with Gasteiger partial charge >= 0.3 is 0 Å². The zero-order chi connectivity index (χ0) is 12.8. The molecule has 0 bridgehead atoms. The van der Waals surface area contributed by atoms with Crippen molar-refractivity contribution in [2.75, 3.05) is 6.54 Å². The fourth-order valence-corrected chi connectivity index (χ4v) is 2.20. The summed E-state index contributed by atoms with van der Waals surface area (Å²) in [5.74, 6) is -0.184. The van der Waals surface area contributed by atoms with Crippen molar-refractivity contribution in [3.8, 4) is 0 Å². The summed E-state index contributed by atoms with van der Waals surface area (Å²) >= 11 is 9.13. The first-order valence-corrected chi connectivity index (χ1v) is 6.62. The number of hydrogen-bond donors (Lipinski definition) is 2. The average Bonchev–Trinajstić information content (AvgIpc) is 2.27. The third kappa shape index (κ3) is 5.06. The number of aliphatic hydroxyl groups excluding tert-OH is 1. The van der Waals surface area contributed by atoms with E-state index in [0.29, 0.717) is 30.0 Å². The Balaban J connectivity index is 2.52. The van der Waals surface area contributed by atoms with Crippen molar-refractivity contribution < 1.29 is 9.90 Å². The number of hydrogen-bond acceptors (Lipinski definition) is 2. The van der Waals surface area contributed by atoms with Gasteiger partial charge in [-0.1, -0.05) is 34.5 Å². The van der Waals surface area contributed by atoms with Crippen LogP contribution in [0.15, 0.2) is 22.7 Å². The zero-order valence-corrected chi connectivity index (χ0v) is 11.9. The van der Waals surface area contributed by atoms with E-state index in [0.717, 1.165) is 4.47 Å². The second-order valence-electron chi connectivity index (χ2n) is 3.76. The molecule has 2 N–H and O–H groups in total. The Bertz CT molecular complexity index is 378. The Morgan fingerprint density at radius 1 is 1.53 bits per heavy atom. The summed E-state index contributed by atoms with van der Waals surface area (Å²) in [5.41, 5.74) is 0.510. The van der Waals surface area contributed by atoms with Crippen molar-refractivity contribution in [3.63, 3.8) is 0 Å². The second-order valence-corrected chi connectivity index (χ2v) is 5.12. The van der Waals surface area contributed by atoms with Gasteiger partial charge in [0.25, 0.3) is 5.91 Å². The van der Waals surface area contributed by atoms with Gasteiger partial charge in [-0.3, -0.25) is 4.79 Å². The summed E-state index contributed by atoms with van der Waals surface area (Å²) in [7, 11) is 0. The second kappa shape index (κ2) is 6.99. The predicted octanol–water partition coefficient (Wildman–Crippen LogP) is 2.99. The molecule has 0 aliphatic carbocycles. The van der Waals surface area contributed by atoms with Crippen molar-refractivity contribution >= 4 is 33.4 Å². The Labute approximate surface area is 114 Å². The average molecular weight is 321 g/mol. The number of rotatable bonds is 5. The van der Waals surface area contributed by atoms with Gasteiger partial charge in [0.1, 0.15) is 0 Å². The van der Waals surface area contributed by atoms with Crippen LogP contribution in [0.5, 0.6) is 0 Å². The molecule has 0 aliphatic heterocycles. The maximum Gasteiger partial charge on any atom is 0.251 e. The van der Waals surface area contributed by atoms with E-state index in [4.69, 9.17) is 11.6 Å². The van der Waals surface area contributed by atoms with Crippen molar-refractivity contribution in [3.05, 3.63) is 33.3 Å². The van der Waals surface area contributed by atoms with E-state index in [1.165, 1.54) is 0 Å². The molecule has 0 spiro atoms. The van der Waals surface area contributed by atoms with E-state index in [1.54, 1.807) is 18.2 Å². The third-order valence-electron chi connectivity index (χ3n) is 2.36. The molecule has 5 heteroatoms. The summed E-state index contributed by atoms with van der Waals surface area (Å²) in [5, 5.41) is 12.6. The summed E-state index contributed by atoms with van der Waals surface area (Å²) in [6.45, 7) is 2.36. The Kier molecular flexibility index (Phi) is 5.95. The lowest BCUT2D eigenvalue weighted by atomic mass is 10.2. The van der Waals surface area contributed by atoms with Gasteiger partial charge in [0.2, 0.25) is 0 Å². The molecule has 1 rings (SSSR count). The van der Waals surface area contributed by atoms with Crippen LogP contribution in [-0.2, 0) is 0 Å². The van der Waals surface area contributed by atoms with Crippen molar-refractivity contribution in [1.29, 1.82) is 0 Å². The highest BCUT2D eigenvalue weighted by Crippen LogP contribution is 2.19. The maximum atomic E-state index is 11.7. The summed E-state index contributed by atoms with van der Waals surface area (Å²) in [6.07, 6.45) is 0.893. The minimum atomic E-state index is -0.360. The van der Waals surface area contributed by atoms with Crippen molar-refractivity contribution in [2.45, 2.75) is 25.9 Å². The molecule has 1 aromatic carbocycles. The molecule has 0 fully saturated rings. The number of carbonyl (C=O) groups excluding carboxylic acids is 1. The molecule has 1 amide bonds. The summed E-state index contributed by atoms with van der Waals surface area (Å²) < 4.78 is 0.767. The van der Waals surface area contributed by atoms with Crippen LogP contribution in [0.2, 0.25) is 5.02 Å².